The largest absolute Gasteiger partial charge is 0.480 e. The maximum Gasteiger partial charge on any atom is 0.326 e. The maximum atomic E-state index is 13.1. The van der Waals surface area contributed by atoms with Crippen LogP contribution in [0.3, 0.4) is 0 Å². The van der Waals surface area contributed by atoms with Gasteiger partial charge in [0.2, 0.25) is 5.91 Å². The van der Waals surface area contributed by atoms with Crippen LogP contribution < -0.4 is 5.32 Å². The predicted octanol–water partition coefficient (Wildman–Crippen LogP) is 2.98. The highest BCUT2D eigenvalue weighted by molar-refractivity contribution is 5.91. The van der Waals surface area contributed by atoms with Gasteiger partial charge in [0.15, 0.2) is 0 Å². The van der Waals surface area contributed by atoms with Crippen LogP contribution in [0.2, 0.25) is 0 Å². The van der Waals surface area contributed by atoms with E-state index in [2.05, 4.69) is 5.32 Å². The zero-order valence-corrected chi connectivity index (χ0v) is 16.0. The number of amides is 1. The zero-order chi connectivity index (χ0) is 20.5. The second-order valence-corrected chi connectivity index (χ2v) is 6.57. The molecule has 0 saturated heterocycles. The summed E-state index contributed by atoms with van der Waals surface area (Å²) in [6.45, 7) is 3.51. The van der Waals surface area contributed by atoms with E-state index in [-0.39, 0.29) is 13.0 Å². The Balaban J connectivity index is 2.25. The lowest BCUT2D eigenvalue weighted by Gasteiger charge is -2.24. The molecule has 0 unspecified atom stereocenters. The summed E-state index contributed by atoms with van der Waals surface area (Å²) in [5.41, 5.74) is 1.52. The first kappa shape index (κ1) is 21.2. The van der Waals surface area contributed by atoms with E-state index in [1.165, 1.54) is 0 Å². The SMILES string of the molecule is CCOC(=O)C[C@@H](C)[C@@H](NC(=O)C(c1ccccc1)c1ccccc1)C(=O)O. The molecule has 2 atom stereocenters. The number of rotatable bonds is 9. The van der Waals surface area contributed by atoms with Gasteiger partial charge in [-0.2, -0.15) is 0 Å². The first-order valence-electron chi connectivity index (χ1n) is 9.22. The molecule has 28 heavy (non-hydrogen) atoms. The Bertz CT molecular complexity index is 752. The molecule has 2 aromatic carbocycles. The van der Waals surface area contributed by atoms with Gasteiger partial charge in [0.1, 0.15) is 6.04 Å². The van der Waals surface area contributed by atoms with E-state index in [1.807, 2.05) is 60.7 Å². The van der Waals surface area contributed by atoms with E-state index in [4.69, 9.17) is 4.74 Å². The third-order valence-corrected chi connectivity index (χ3v) is 4.45. The van der Waals surface area contributed by atoms with E-state index < -0.39 is 35.7 Å². The van der Waals surface area contributed by atoms with Gasteiger partial charge in [-0.15, -0.1) is 0 Å². The van der Waals surface area contributed by atoms with E-state index in [1.54, 1.807) is 13.8 Å². The fraction of sp³-hybridized carbons (Fsp3) is 0.318. The van der Waals surface area contributed by atoms with E-state index in [0.29, 0.717) is 0 Å². The molecule has 0 aromatic heterocycles. The van der Waals surface area contributed by atoms with Crippen LogP contribution in [0.1, 0.15) is 37.3 Å². The van der Waals surface area contributed by atoms with Crippen molar-refractivity contribution in [3.63, 3.8) is 0 Å². The predicted molar refractivity (Wildman–Crippen MR) is 105 cm³/mol. The summed E-state index contributed by atoms with van der Waals surface area (Å²) >= 11 is 0. The summed E-state index contributed by atoms with van der Waals surface area (Å²) in [4.78, 5) is 36.5. The molecular formula is C22H25NO5. The van der Waals surface area contributed by atoms with Crippen molar-refractivity contribution in [2.45, 2.75) is 32.2 Å². The Morgan fingerprint density at radius 1 is 0.964 bits per heavy atom. The summed E-state index contributed by atoms with van der Waals surface area (Å²) in [6, 6.07) is 17.1. The molecule has 2 aromatic rings. The van der Waals surface area contributed by atoms with Gasteiger partial charge in [0.25, 0.3) is 0 Å². The lowest BCUT2D eigenvalue weighted by molar-refractivity contribution is -0.147. The number of esters is 1. The third kappa shape index (κ3) is 5.67. The van der Waals surface area contributed by atoms with Crippen molar-refractivity contribution in [1.82, 2.24) is 5.32 Å². The number of ether oxygens (including phenoxy) is 1. The van der Waals surface area contributed by atoms with E-state index in [0.717, 1.165) is 11.1 Å². The molecule has 0 fully saturated rings. The summed E-state index contributed by atoms with van der Waals surface area (Å²) in [6.07, 6.45) is -0.0908. The molecule has 6 nitrogen and oxygen atoms in total. The summed E-state index contributed by atoms with van der Waals surface area (Å²) in [5, 5.41) is 12.2. The van der Waals surface area contributed by atoms with Crippen molar-refractivity contribution in [1.29, 1.82) is 0 Å². The van der Waals surface area contributed by atoms with Crippen LogP contribution in [0.5, 0.6) is 0 Å². The summed E-state index contributed by atoms with van der Waals surface area (Å²) in [5.74, 6) is -3.38. The Morgan fingerprint density at radius 2 is 1.46 bits per heavy atom. The van der Waals surface area contributed by atoms with Gasteiger partial charge in [-0.1, -0.05) is 67.6 Å². The van der Waals surface area contributed by atoms with Gasteiger partial charge in [0.05, 0.1) is 18.9 Å². The topological polar surface area (TPSA) is 92.7 Å². The van der Waals surface area contributed by atoms with Crippen molar-refractivity contribution in [3.8, 4) is 0 Å². The average Bonchev–Trinajstić information content (AvgIpc) is 2.68. The second-order valence-electron chi connectivity index (χ2n) is 6.57. The van der Waals surface area contributed by atoms with Crippen molar-refractivity contribution >= 4 is 17.8 Å². The Morgan fingerprint density at radius 3 is 1.89 bits per heavy atom. The Labute approximate surface area is 164 Å². The van der Waals surface area contributed by atoms with E-state index in [9.17, 15) is 19.5 Å². The highest BCUT2D eigenvalue weighted by atomic mass is 16.5. The number of benzene rings is 2. The van der Waals surface area contributed by atoms with Gasteiger partial charge in [-0.05, 0) is 24.0 Å². The molecule has 0 aliphatic carbocycles. The van der Waals surface area contributed by atoms with Crippen molar-refractivity contribution < 1.29 is 24.2 Å². The number of carbonyl (C=O) groups excluding carboxylic acids is 2. The maximum absolute atomic E-state index is 13.1. The second kappa shape index (κ2) is 10.3. The molecule has 6 heteroatoms. The average molecular weight is 383 g/mol. The molecular weight excluding hydrogens is 358 g/mol. The first-order chi connectivity index (χ1) is 13.4. The van der Waals surface area contributed by atoms with Gasteiger partial charge >= 0.3 is 11.9 Å². The number of carbonyl (C=O) groups is 3. The number of nitrogens with one attached hydrogen (secondary N) is 1. The molecule has 148 valence electrons. The minimum absolute atomic E-state index is 0.0908. The Hall–Kier alpha value is -3.15. The number of hydrogen-bond donors (Lipinski definition) is 2. The highest BCUT2D eigenvalue weighted by Crippen LogP contribution is 2.25. The van der Waals surface area contributed by atoms with Crippen molar-refractivity contribution in [2.24, 2.45) is 5.92 Å². The molecule has 0 aliphatic heterocycles. The fourth-order valence-electron chi connectivity index (χ4n) is 3.07. The minimum Gasteiger partial charge on any atom is -0.480 e. The number of carboxylic acid groups (broad SMARTS) is 1. The molecule has 0 radical (unpaired) electrons. The van der Waals surface area contributed by atoms with Gasteiger partial charge in [0, 0.05) is 0 Å². The number of carboxylic acids is 1. The standard InChI is InChI=1S/C22H25NO5/c1-3-28-18(24)14-15(2)20(22(26)27)23-21(25)19(16-10-6-4-7-11-16)17-12-8-5-9-13-17/h4-13,15,19-20H,3,14H2,1-2H3,(H,23,25)(H,26,27)/t15-,20-/m1/s1. The van der Waals surface area contributed by atoms with Gasteiger partial charge in [-0.3, -0.25) is 9.59 Å². The van der Waals surface area contributed by atoms with Crippen LogP contribution in [0.25, 0.3) is 0 Å². The van der Waals surface area contributed by atoms with Crippen LogP contribution in [-0.4, -0.2) is 35.6 Å². The van der Waals surface area contributed by atoms with Gasteiger partial charge < -0.3 is 15.2 Å². The lowest BCUT2D eigenvalue weighted by atomic mass is 9.89. The third-order valence-electron chi connectivity index (χ3n) is 4.45. The van der Waals surface area contributed by atoms with Crippen LogP contribution >= 0.6 is 0 Å². The van der Waals surface area contributed by atoms with Crippen LogP contribution in [0.4, 0.5) is 0 Å². The molecule has 0 aliphatic rings. The summed E-state index contributed by atoms with van der Waals surface area (Å²) < 4.78 is 4.89. The smallest absolute Gasteiger partial charge is 0.326 e. The Kier molecular flexibility index (Phi) is 7.75. The summed E-state index contributed by atoms with van der Waals surface area (Å²) in [7, 11) is 0. The van der Waals surface area contributed by atoms with Crippen LogP contribution in [-0.2, 0) is 19.1 Å². The molecule has 0 bridgehead atoms. The monoisotopic (exact) mass is 383 g/mol. The highest BCUT2D eigenvalue weighted by Gasteiger charge is 2.32. The first-order valence-corrected chi connectivity index (χ1v) is 9.22. The normalized spacial score (nSPS) is 12.8. The quantitative estimate of drug-likeness (QED) is 0.650. The number of hydrogen-bond acceptors (Lipinski definition) is 4. The van der Waals surface area contributed by atoms with Crippen molar-refractivity contribution in [2.75, 3.05) is 6.61 Å². The fourth-order valence-corrected chi connectivity index (χ4v) is 3.07. The zero-order valence-electron chi connectivity index (χ0n) is 16.0. The van der Waals surface area contributed by atoms with Gasteiger partial charge in [-0.25, -0.2) is 4.79 Å². The molecule has 0 heterocycles. The lowest BCUT2D eigenvalue weighted by Crippen LogP contribution is -2.47. The molecule has 0 spiro atoms. The van der Waals surface area contributed by atoms with Crippen molar-refractivity contribution in [3.05, 3.63) is 71.8 Å². The minimum atomic E-state index is -1.20. The number of aliphatic carboxylic acids is 1. The van der Waals surface area contributed by atoms with Crippen LogP contribution in [0.15, 0.2) is 60.7 Å². The van der Waals surface area contributed by atoms with E-state index >= 15 is 0 Å². The van der Waals surface area contributed by atoms with Crippen LogP contribution in [0, 0.1) is 5.92 Å². The molecule has 0 saturated carbocycles. The molecule has 2 N–H and O–H groups in total. The molecule has 2 rings (SSSR count). The molecule has 1 amide bonds.